The quantitative estimate of drug-likeness (QED) is 0.562. The van der Waals surface area contributed by atoms with E-state index in [4.69, 9.17) is 9.97 Å². The topological polar surface area (TPSA) is 41.6 Å². The van der Waals surface area contributed by atoms with E-state index in [9.17, 15) is 0 Å². The number of hydrogen-bond acceptors (Lipinski definition) is 2. The molecule has 0 aliphatic heterocycles. The minimum absolute atomic E-state index is 0.699. The van der Waals surface area contributed by atoms with Crippen molar-refractivity contribution < 1.29 is 0 Å². The molecule has 3 heterocycles. The van der Waals surface area contributed by atoms with E-state index in [0.29, 0.717) is 5.92 Å². The number of aromatic amines is 1. The van der Waals surface area contributed by atoms with Gasteiger partial charge in [0, 0.05) is 36.3 Å². The molecule has 29 heavy (non-hydrogen) atoms. The van der Waals surface area contributed by atoms with Gasteiger partial charge in [0.2, 0.25) is 0 Å². The lowest BCUT2D eigenvalue weighted by Crippen LogP contribution is -2.04. The molecule has 3 heteroatoms. The van der Waals surface area contributed by atoms with Crippen LogP contribution in [0.5, 0.6) is 0 Å². The van der Waals surface area contributed by atoms with Crippen molar-refractivity contribution in [3.05, 3.63) is 64.2 Å². The van der Waals surface area contributed by atoms with E-state index in [1.54, 1.807) is 11.1 Å². The normalized spacial score (nSPS) is 19.6. The van der Waals surface area contributed by atoms with Gasteiger partial charge in [-0.25, -0.2) is 4.98 Å². The Morgan fingerprint density at radius 1 is 1.00 bits per heavy atom. The number of allylic oxidation sites excluding steroid dienone is 2. The molecule has 3 aliphatic rings. The first-order chi connectivity index (χ1) is 14.3. The second kappa shape index (κ2) is 7.12. The Kier molecular flexibility index (Phi) is 4.28. The van der Waals surface area contributed by atoms with Crippen molar-refractivity contribution in [1.82, 2.24) is 15.0 Å². The van der Waals surface area contributed by atoms with Gasteiger partial charge in [0.05, 0.1) is 5.69 Å². The SMILES string of the molecule is c1nc2[nH]cc(C3CCCCC3)c2cc1Cc1ccc2c(n1)CC1=C2CCCC1. The van der Waals surface area contributed by atoms with Crippen molar-refractivity contribution in [3.8, 4) is 0 Å². The van der Waals surface area contributed by atoms with Gasteiger partial charge in [0.1, 0.15) is 5.65 Å². The Balaban J connectivity index is 1.28. The highest BCUT2D eigenvalue weighted by Crippen LogP contribution is 2.41. The first-order valence-corrected chi connectivity index (χ1v) is 11.5. The summed E-state index contributed by atoms with van der Waals surface area (Å²) in [7, 11) is 0. The van der Waals surface area contributed by atoms with Crippen LogP contribution in [0.1, 0.15) is 91.8 Å². The van der Waals surface area contributed by atoms with Crippen LogP contribution in [0.25, 0.3) is 16.6 Å². The summed E-state index contributed by atoms with van der Waals surface area (Å²) in [6, 6.07) is 6.94. The van der Waals surface area contributed by atoms with Crippen LogP contribution in [0.4, 0.5) is 0 Å². The highest BCUT2D eigenvalue weighted by molar-refractivity contribution is 5.81. The van der Waals surface area contributed by atoms with Crippen molar-refractivity contribution >= 4 is 16.6 Å². The molecule has 0 unspecified atom stereocenters. The highest BCUT2D eigenvalue weighted by atomic mass is 14.8. The molecule has 0 bridgehead atoms. The second-order valence-corrected chi connectivity index (χ2v) is 9.26. The summed E-state index contributed by atoms with van der Waals surface area (Å²) >= 11 is 0. The molecule has 6 rings (SSSR count). The number of rotatable bonds is 3. The predicted molar refractivity (Wildman–Crippen MR) is 118 cm³/mol. The average Bonchev–Trinajstić information content (AvgIpc) is 3.35. The Morgan fingerprint density at radius 2 is 1.90 bits per heavy atom. The van der Waals surface area contributed by atoms with Crippen molar-refractivity contribution in [2.24, 2.45) is 0 Å². The number of pyridine rings is 2. The molecule has 0 atom stereocenters. The molecule has 3 aromatic rings. The first-order valence-electron chi connectivity index (χ1n) is 11.5. The van der Waals surface area contributed by atoms with Crippen LogP contribution in [0.3, 0.4) is 0 Å². The van der Waals surface area contributed by atoms with Gasteiger partial charge >= 0.3 is 0 Å². The van der Waals surface area contributed by atoms with Crippen molar-refractivity contribution in [2.75, 3.05) is 0 Å². The summed E-state index contributed by atoms with van der Waals surface area (Å²) < 4.78 is 0. The van der Waals surface area contributed by atoms with E-state index in [0.717, 1.165) is 18.5 Å². The summed E-state index contributed by atoms with van der Waals surface area (Å²) in [5.41, 5.74) is 11.0. The number of nitrogens with zero attached hydrogens (tertiary/aromatic N) is 2. The van der Waals surface area contributed by atoms with E-state index in [1.807, 2.05) is 6.20 Å². The van der Waals surface area contributed by atoms with Crippen LogP contribution in [0.15, 0.2) is 36.2 Å². The lowest BCUT2D eigenvalue weighted by atomic mass is 9.84. The summed E-state index contributed by atoms with van der Waals surface area (Å²) in [4.78, 5) is 13.2. The van der Waals surface area contributed by atoms with Gasteiger partial charge in [-0.05, 0) is 78.8 Å². The maximum atomic E-state index is 5.08. The van der Waals surface area contributed by atoms with Gasteiger partial charge in [0.15, 0.2) is 0 Å². The monoisotopic (exact) mass is 383 g/mol. The van der Waals surface area contributed by atoms with E-state index >= 15 is 0 Å². The molecule has 0 saturated heterocycles. The minimum Gasteiger partial charge on any atom is -0.346 e. The third kappa shape index (κ3) is 3.11. The molecule has 3 nitrogen and oxygen atoms in total. The molecule has 3 aromatic heterocycles. The van der Waals surface area contributed by atoms with Crippen LogP contribution >= 0.6 is 0 Å². The Hall–Kier alpha value is -2.42. The number of hydrogen-bond donors (Lipinski definition) is 1. The maximum absolute atomic E-state index is 5.08. The van der Waals surface area contributed by atoms with Crippen molar-refractivity contribution in [2.45, 2.75) is 76.5 Å². The molecule has 1 saturated carbocycles. The zero-order valence-electron chi connectivity index (χ0n) is 17.1. The van der Waals surface area contributed by atoms with E-state index in [1.165, 1.54) is 91.3 Å². The number of H-pyrrole nitrogens is 1. The van der Waals surface area contributed by atoms with E-state index in [-0.39, 0.29) is 0 Å². The third-order valence-corrected chi connectivity index (χ3v) is 7.37. The largest absolute Gasteiger partial charge is 0.346 e. The fraction of sp³-hybridized carbons (Fsp3) is 0.462. The van der Waals surface area contributed by atoms with Gasteiger partial charge in [-0.2, -0.15) is 0 Å². The van der Waals surface area contributed by atoms with Gasteiger partial charge in [-0.1, -0.05) is 30.9 Å². The maximum Gasteiger partial charge on any atom is 0.137 e. The summed E-state index contributed by atoms with van der Waals surface area (Å²) in [5.74, 6) is 0.699. The molecule has 0 radical (unpaired) electrons. The molecule has 148 valence electrons. The number of nitrogens with one attached hydrogen (secondary N) is 1. The van der Waals surface area contributed by atoms with Crippen molar-refractivity contribution in [3.63, 3.8) is 0 Å². The van der Waals surface area contributed by atoms with Crippen LogP contribution in [-0.2, 0) is 12.8 Å². The summed E-state index contributed by atoms with van der Waals surface area (Å²) in [6.45, 7) is 0. The number of fused-ring (bicyclic) bond motifs is 3. The van der Waals surface area contributed by atoms with Gasteiger partial charge in [0.25, 0.3) is 0 Å². The standard InChI is InChI=1S/C26H29N3/c1-2-6-18(7-3-1)24-16-28-26-23(24)13-17(15-27-26)12-20-10-11-22-21-9-5-4-8-19(21)14-25(22)29-20/h10-11,13,15-16,18H,1-9,12,14H2,(H,27,28). The van der Waals surface area contributed by atoms with Crippen LogP contribution < -0.4 is 0 Å². The van der Waals surface area contributed by atoms with Gasteiger partial charge in [-0.15, -0.1) is 0 Å². The Labute approximate surface area is 172 Å². The van der Waals surface area contributed by atoms with Crippen LogP contribution in [-0.4, -0.2) is 15.0 Å². The molecule has 0 aromatic carbocycles. The van der Waals surface area contributed by atoms with E-state index in [2.05, 4.69) is 29.4 Å². The molecular weight excluding hydrogens is 354 g/mol. The smallest absolute Gasteiger partial charge is 0.137 e. The van der Waals surface area contributed by atoms with Crippen molar-refractivity contribution in [1.29, 1.82) is 0 Å². The Bertz CT molecular complexity index is 1100. The lowest BCUT2D eigenvalue weighted by molar-refractivity contribution is 0.445. The second-order valence-electron chi connectivity index (χ2n) is 9.26. The zero-order valence-corrected chi connectivity index (χ0v) is 17.1. The molecule has 1 N–H and O–H groups in total. The molecule has 3 aliphatic carbocycles. The third-order valence-electron chi connectivity index (χ3n) is 7.37. The van der Waals surface area contributed by atoms with E-state index < -0.39 is 0 Å². The fourth-order valence-electron chi connectivity index (χ4n) is 5.87. The molecular formula is C26H29N3. The molecule has 0 amide bonds. The summed E-state index contributed by atoms with van der Waals surface area (Å²) in [5, 5.41) is 1.33. The number of aromatic nitrogens is 3. The fourth-order valence-corrected chi connectivity index (χ4v) is 5.87. The average molecular weight is 384 g/mol. The summed E-state index contributed by atoms with van der Waals surface area (Å²) in [6.07, 6.45) is 18.2. The molecule has 0 spiro atoms. The van der Waals surface area contributed by atoms with Crippen LogP contribution in [0, 0.1) is 0 Å². The van der Waals surface area contributed by atoms with Gasteiger partial charge < -0.3 is 4.98 Å². The predicted octanol–water partition coefficient (Wildman–Crippen LogP) is 6.48. The lowest BCUT2D eigenvalue weighted by Gasteiger charge is -2.21. The first kappa shape index (κ1) is 17.4. The molecule has 1 fully saturated rings. The highest BCUT2D eigenvalue weighted by Gasteiger charge is 2.25. The Morgan fingerprint density at radius 3 is 2.83 bits per heavy atom. The zero-order chi connectivity index (χ0) is 19.2. The minimum atomic E-state index is 0.699. The van der Waals surface area contributed by atoms with Gasteiger partial charge in [-0.3, -0.25) is 4.98 Å². The van der Waals surface area contributed by atoms with Crippen LogP contribution in [0.2, 0.25) is 0 Å².